The zero-order chi connectivity index (χ0) is 14.9. The topological polar surface area (TPSA) is 71.2 Å². The van der Waals surface area contributed by atoms with Crippen LogP contribution < -0.4 is 16.0 Å². The molecule has 2 unspecified atom stereocenters. The van der Waals surface area contributed by atoms with Crippen LogP contribution >= 0.6 is 23.2 Å². The Morgan fingerprint density at radius 2 is 2.15 bits per heavy atom. The van der Waals surface area contributed by atoms with Crippen LogP contribution in [0.2, 0.25) is 10.0 Å². The van der Waals surface area contributed by atoms with Crippen LogP contribution in [-0.4, -0.2) is 30.5 Å². The molecule has 0 aliphatic carbocycles. The molecule has 3 N–H and O–H groups in total. The highest BCUT2D eigenvalue weighted by atomic mass is 35.5. The molecule has 0 bridgehead atoms. The van der Waals surface area contributed by atoms with Crippen molar-refractivity contribution in [1.29, 1.82) is 0 Å². The molecule has 1 amide bonds. The Balaban J connectivity index is 2.35. The summed E-state index contributed by atoms with van der Waals surface area (Å²) in [5.74, 6) is 0.761. The number of nitrogens with zero attached hydrogens (tertiary/aromatic N) is 2. The average Bonchev–Trinajstić information content (AvgIpc) is 2.40. The number of halogens is 2. The Morgan fingerprint density at radius 3 is 2.75 bits per heavy atom. The number of rotatable bonds is 3. The zero-order valence-corrected chi connectivity index (χ0v) is 13.0. The lowest BCUT2D eigenvalue weighted by molar-refractivity contribution is -0.122. The summed E-state index contributed by atoms with van der Waals surface area (Å²) in [5, 5.41) is 3.88. The molecule has 110 valence electrons. The number of primary amides is 1. The van der Waals surface area contributed by atoms with Crippen molar-refractivity contribution in [2.24, 2.45) is 11.7 Å². The van der Waals surface area contributed by atoms with Gasteiger partial charge in [0.15, 0.2) is 0 Å². The van der Waals surface area contributed by atoms with Gasteiger partial charge in [-0.05, 0) is 25.8 Å². The first-order valence-electron chi connectivity index (χ1n) is 6.53. The lowest BCUT2D eigenvalue weighted by Gasteiger charge is -2.38. The highest BCUT2D eigenvalue weighted by Crippen LogP contribution is 2.35. The van der Waals surface area contributed by atoms with Crippen LogP contribution in [0.3, 0.4) is 0 Å². The number of amides is 1. The average molecular weight is 317 g/mol. The smallest absolute Gasteiger partial charge is 0.222 e. The van der Waals surface area contributed by atoms with Gasteiger partial charge in [-0.25, -0.2) is 4.98 Å². The monoisotopic (exact) mass is 316 g/mol. The molecule has 1 aliphatic heterocycles. The number of nitrogens with two attached hydrogens (primary N) is 1. The molecule has 0 spiro atoms. The van der Waals surface area contributed by atoms with Crippen molar-refractivity contribution < 1.29 is 4.79 Å². The molecule has 1 aromatic rings. The molecule has 1 aliphatic rings. The lowest BCUT2D eigenvalue weighted by atomic mass is 9.93. The van der Waals surface area contributed by atoms with E-state index in [0.29, 0.717) is 28.2 Å². The number of carbonyl (C=O) groups excluding carboxylic acids is 1. The van der Waals surface area contributed by atoms with Crippen molar-refractivity contribution in [2.45, 2.75) is 25.8 Å². The number of carbonyl (C=O) groups is 1. The van der Waals surface area contributed by atoms with Crippen molar-refractivity contribution in [2.75, 3.05) is 23.8 Å². The van der Waals surface area contributed by atoms with Crippen LogP contribution in [0.25, 0.3) is 0 Å². The van der Waals surface area contributed by atoms with E-state index in [0.717, 1.165) is 12.8 Å². The van der Waals surface area contributed by atoms with Crippen LogP contribution in [0.5, 0.6) is 0 Å². The van der Waals surface area contributed by atoms with E-state index in [1.54, 1.807) is 13.1 Å². The molecule has 7 heteroatoms. The normalized spacial score (nSPS) is 22.7. The van der Waals surface area contributed by atoms with E-state index in [1.165, 1.54) is 0 Å². The van der Waals surface area contributed by atoms with Crippen molar-refractivity contribution in [3.8, 4) is 0 Å². The van der Waals surface area contributed by atoms with Gasteiger partial charge in [0.25, 0.3) is 0 Å². The molecule has 2 atom stereocenters. The maximum Gasteiger partial charge on any atom is 0.222 e. The number of aromatic nitrogens is 1. The summed E-state index contributed by atoms with van der Waals surface area (Å²) in [6, 6.07) is 1.92. The van der Waals surface area contributed by atoms with Crippen molar-refractivity contribution in [3.63, 3.8) is 0 Å². The van der Waals surface area contributed by atoms with Crippen LogP contribution in [-0.2, 0) is 4.79 Å². The molecule has 1 fully saturated rings. The third-order valence-corrected chi connectivity index (χ3v) is 4.27. The molecular formula is C13H18Cl2N4O. The van der Waals surface area contributed by atoms with Gasteiger partial charge in [0, 0.05) is 19.6 Å². The minimum atomic E-state index is -0.277. The van der Waals surface area contributed by atoms with Gasteiger partial charge >= 0.3 is 0 Å². The van der Waals surface area contributed by atoms with Crippen LogP contribution in [0, 0.1) is 5.92 Å². The third-order valence-electron chi connectivity index (χ3n) is 3.70. The van der Waals surface area contributed by atoms with E-state index in [4.69, 9.17) is 28.9 Å². The summed E-state index contributed by atoms with van der Waals surface area (Å²) in [5.41, 5.74) is 5.42. The molecule has 2 heterocycles. The fourth-order valence-electron chi connectivity index (χ4n) is 2.47. The van der Waals surface area contributed by atoms with Gasteiger partial charge in [0.2, 0.25) is 5.91 Å². The summed E-state index contributed by atoms with van der Waals surface area (Å²) in [7, 11) is 1.75. The van der Waals surface area contributed by atoms with E-state index in [-0.39, 0.29) is 17.9 Å². The molecule has 1 aromatic heterocycles. The Kier molecular flexibility index (Phi) is 4.60. The molecule has 0 saturated carbocycles. The first kappa shape index (κ1) is 15.2. The summed E-state index contributed by atoms with van der Waals surface area (Å²) in [6.45, 7) is 2.62. The van der Waals surface area contributed by atoms with Gasteiger partial charge in [-0.2, -0.15) is 0 Å². The van der Waals surface area contributed by atoms with E-state index in [2.05, 4.69) is 17.2 Å². The van der Waals surface area contributed by atoms with Gasteiger partial charge < -0.3 is 16.0 Å². The van der Waals surface area contributed by atoms with Crippen molar-refractivity contribution in [3.05, 3.63) is 16.1 Å². The second-order valence-electron chi connectivity index (χ2n) is 5.05. The van der Waals surface area contributed by atoms with E-state index < -0.39 is 0 Å². The van der Waals surface area contributed by atoms with Crippen LogP contribution in [0.4, 0.5) is 11.6 Å². The Bertz CT molecular complexity index is 523. The molecule has 20 heavy (non-hydrogen) atoms. The lowest BCUT2D eigenvalue weighted by Crippen LogP contribution is -2.46. The zero-order valence-electron chi connectivity index (χ0n) is 11.5. The highest BCUT2D eigenvalue weighted by molar-refractivity contribution is 6.37. The maximum atomic E-state index is 11.4. The van der Waals surface area contributed by atoms with Gasteiger partial charge in [0.1, 0.15) is 11.6 Å². The third kappa shape index (κ3) is 2.94. The van der Waals surface area contributed by atoms with Gasteiger partial charge in [-0.1, -0.05) is 23.2 Å². The number of nitrogens with one attached hydrogen (secondary N) is 1. The summed E-state index contributed by atoms with van der Waals surface area (Å²) >= 11 is 12.3. The highest BCUT2D eigenvalue weighted by Gasteiger charge is 2.30. The molecule has 0 aromatic carbocycles. The molecular weight excluding hydrogens is 299 g/mol. The quantitative estimate of drug-likeness (QED) is 0.898. The number of hydrogen-bond acceptors (Lipinski definition) is 4. The minimum absolute atomic E-state index is 0.169. The molecule has 5 nitrogen and oxygen atoms in total. The minimum Gasteiger partial charge on any atom is -0.372 e. The summed E-state index contributed by atoms with van der Waals surface area (Å²) < 4.78 is 0. The first-order valence-corrected chi connectivity index (χ1v) is 7.29. The first-order chi connectivity index (χ1) is 9.43. The van der Waals surface area contributed by atoms with Crippen LogP contribution in [0.15, 0.2) is 6.07 Å². The van der Waals surface area contributed by atoms with E-state index >= 15 is 0 Å². The Morgan fingerprint density at radius 1 is 1.45 bits per heavy atom. The summed E-state index contributed by atoms with van der Waals surface area (Å²) in [4.78, 5) is 17.9. The van der Waals surface area contributed by atoms with Gasteiger partial charge in [0.05, 0.1) is 16.0 Å². The van der Waals surface area contributed by atoms with Gasteiger partial charge in [-0.15, -0.1) is 0 Å². The number of piperidine rings is 1. The number of hydrogen-bond donors (Lipinski definition) is 2. The van der Waals surface area contributed by atoms with Crippen LogP contribution in [0.1, 0.15) is 19.8 Å². The molecule has 2 rings (SSSR count). The number of pyridine rings is 1. The van der Waals surface area contributed by atoms with Crippen molar-refractivity contribution in [1.82, 2.24) is 4.98 Å². The Labute approximate surface area is 128 Å². The fraction of sp³-hybridized carbons (Fsp3) is 0.538. The summed E-state index contributed by atoms with van der Waals surface area (Å²) in [6.07, 6.45) is 1.68. The predicted molar refractivity (Wildman–Crippen MR) is 82.5 cm³/mol. The van der Waals surface area contributed by atoms with Crippen molar-refractivity contribution >= 4 is 40.7 Å². The van der Waals surface area contributed by atoms with Gasteiger partial charge in [-0.3, -0.25) is 4.79 Å². The van der Waals surface area contributed by atoms with E-state index in [9.17, 15) is 4.79 Å². The second kappa shape index (κ2) is 6.06. The second-order valence-corrected chi connectivity index (χ2v) is 5.87. The molecule has 1 saturated heterocycles. The van der Waals surface area contributed by atoms with E-state index in [1.807, 2.05) is 4.90 Å². The standard InChI is InChI=1S/C13H18Cl2N4O/c1-7-3-4-8(11(16)20)6-19(7)13-10(15)5-9(14)12(17-2)18-13/h5,7-8H,3-4,6H2,1-2H3,(H2,16,20)(H,17,18). The molecule has 0 radical (unpaired) electrons. The number of anilines is 2. The predicted octanol–water partition coefficient (Wildman–Crippen LogP) is 2.52. The Hall–Kier alpha value is -1.20. The largest absolute Gasteiger partial charge is 0.372 e. The fourth-order valence-corrected chi connectivity index (χ4v) is 3.03. The maximum absolute atomic E-state index is 11.4. The SMILES string of the molecule is CNc1nc(N2CC(C(N)=O)CCC2C)c(Cl)cc1Cl.